The molecule has 0 unspecified atom stereocenters. The molecule has 0 aromatic heterocycles. The standard InChI is InChI=1S/C27H17Cl2F3N2O6S/c28-19-8-15(9-20(29)23(19)40-13-14-4-6-16(7-5-14)25(37)38)10-21-24(36)34(26(39)41-21)12-22(35)33-18-3-1-2-17(11-18)27(30,31)32/h1-11H,12-13H2,(H,33,35)(H,37,38)/b21-10-. The molecule has 3 amide bonds. The number of hydrogen-bond donors (Lipinski definition) is 2. The molecule has 0 spiro atoms. The number of anilines is 1. The summed E-state index contributed by atoms with van der Waals surface area (Å²) >= 11 is 13.2. The molecule has 0 aliphatic carbocycles. The number of carboxylic acid groups (broad SMARTS) is 1. The van der Waals surface area contributed by atoms with Crippen molar-refractivity contribution in [2.24, 2.45) is 0 Å². The fourth-order valence-corrected chi connectivity index (χ4v) is 5.06. The van der Waals surface area contributed by atoms with Gasteiger partial charge in [0.25, 0.3) is 11.1 Å². The number of aromatic carboxylic acids is 1. The number of alkyl halides is 3. The van der Waals surface area contributed by atoms with Gasteiger partial charge in [0.15, 0.2) is 5.75 Å². The fourth-order valence-electron chi connectivity index (χ4n) is 3.60. The highest BCUT2D eigenvalue weighted by atomic mass is 35.5. The second-order valence-electron chi connectivity index (χ2n) is 8.50. The minimum Gasteiger partial charge on any atom is -0.486 e. The van der Waals surface area contributed by atoms with Crippen LogP contribution in [0.1, 0.15) is 27.0 Å². The summed E-state index contributed by atoms with van der Waals surface area (Å²) in [6.07, 6.45) is -3.26. The third-order valence-electron chi connectivity index (χ3n) is 5.55. The Hall–Kier alpha value is -4.00. The van der Waals surface area contributed by atoms with Gasteiger partial charge >= 0.3 is 12.1 Å². The lowest BCUT2D eigenvalue weighted by Gasteiger charge is -2.13. The van der Waals surface area contributed by atoms with E-state index in [4.69, 9.17) is 33.0 Å². The molecule has 2 N–H and O–H groups in total. The first-order valence-electron chi connectivity index (χ1n) is 11.5. The molecular weight excluding hydrogens is 608 g/mol. The first-order chi connectivity index (χ1) is 19.3. The Bertz CT molecular complexity index is 1550. The molecule has 1 aliphatic heterocycles. The lowest BCUT2D eigenvalue weighted by molar-refractivity contribution is -0.137. The number of carbonyl (C=O) groups is 4. The largest absolute Gasteiger partial charge is 0.486 e. The third-order valence-corrected chi connectivity index (χ3v) is 7.02. The van der Waals surface area contributed by atoms with Crippen molar-refractivity contribution in [3.63, 3.8) is 0 Å². The van der Waals surface area contributed by atoms with Crippen molar-refractivity contribution in [3.05, 3.63) is 97.9 Å². The smallest absolute Gasteiger partial charge is 0.416 e. The van der Waals surface area contributed by atoms with Crippen molar-refractivity contribution >= 4 is 69.8 Å². The number of hydrogen-bond acceptors (Lipinski definition) is 6. The van der Waals surface area contributed by atoms with Crippen molar-refractivity contribution in [2.75, 3.05) is 11.9 Å². The van der Waals surface area contributed by atoms with Crippen molar-refractivity contribution in [3.8, 4) is 5.75 Å². The molecule has 1 heterocycles. The van der Waals surface area contributed by atoms with Gasteiger partial charge in [-0.15, -0.1) is 0 Å². The van der Waals surface area contributed by atoms with Gasteiger partial charge in [-0.1, -0.05) is 41.4 Å². The molecule has 212 valence electrons. The quantitative estimate of drug-likeness (QED) is 0.260. The van der Waals surface area contributed by atoms with Gasteiger partial charge < -0.3 is 15.2 Å². The number of nitrogens with one attached hydrogen (secondary N) is 1. The number of carbonyl (C=O) groups excluding carboxylic acids is 3. The SMILES string of the molecule is O=C(CN1C(=O)S/C(=C\c2cc(Cl)c(OCc3ccc(C(=O)O)cc3)c(Cl)c2)C1=O)Nc1cccc(C(F)(F)F)c1. The van der Waals surface area contributed by atoms with Crippen LogP contribution in [0.2, 0.25) is 10.0 Å². The maximum absolute atomic E-state index is 12.9. The summed E-state index contributed by atoms with van der Waals surface area (Å²) in [6.45, 7) is -0.667. The van der Waals surface area contributed by atoms with E-state index in [-0.39, 0.29) is 38.6 Å². The number of ether oxygens (including phenoxy) is 1. The summed E-state index contributed by atoms with van der Waals surface area (Å²) < 4.78 is 44.4. The highest BCUT2D eigenvalue weighted by Crippen LogP contribution is 2.38. The molecule has 0 bridgehead atoms. The molecule has 4 rings (SSSR count). The minimum atomic E-state index is -4.61. The Labute approximate surface area is 244 Å². The molecule has 3 aromatic carbocycles. The van der Waals surface area contributed by atoms with E-state index < -0.39 is 41.3 Å². The predicted molar refractivity (Wildman–Crippen MR) is 147 cm³/mol. The summed E-state index contributed by atoms with van der Waals surface area (Å²) in [6, 6.07) is 12.9. The predicted octanol–water partition coefficient (Wildman–Crippen LogP) is 6.96. The third kappa shape index (κ3) is 7.40. The van der Waals surface area contributed by atoms with Gasteiger partial charge in [0, 0.05) is 5.69 Å². The Kier molecular flexibility index (Phi) is 8.95. The zero-order chi connectivity index (χ0) is 29.9. The van der Waals surface area contributed by atoms with E-state index in [0.29, 0.717) is 27.8 Å². The minimum absolute atomic E-state index is 0.0267. The van der Waals surface area contributed by atoms with Crippen molar-refractivity contribution in [1.82, 2.24) is 4.90 Å². The van der Waals surface area contributed by atoms with Gasteiger partial charge in [0.1, 0.15) is 13.2 Å². The monoisotopic (exact) mass is 624 g/mol. The van der Waals surface area contributed by atoms with Gasteiger partial charge in [-0.05, 0) is 71.4 Å². The molecule has 41 heavy (non-hydrogen) atoms. The average molecular weight is 625 g/mol. The molecule has 1 saturated heterocycles. The Morgan fingerprint density at radius 3 is 2.29 bits per heavy atom. The van der Waals surface area contributed by atoms with Crippen LogP contribution in [0.15, 0.2) is 65.6 Å². The first kappa shape index (κ1) is 30.0. The molecule has 8 nitrogen and oxygen atoms in total. The van der Waals surface area contributed by atoms with E-state index in [1.54, 1.807) is 12.1 Å². The van der Waals surface area contributed by atoms with Gasteiger partial charge in [0.2, 0.25) is 5.91 Å². The summed E-state index contributed by atoms with van der Waals surface area (Å²) in [5.74, 6) is -2.56. The lowest BCUT2D eigenvalue weighted by Crippen LogP contribution is -2.36. The molecule has 1 aliphatic rings. The van der Waals surface area contributed by atoms with Gasteiger partial charge in [-0.25, -0.2) is 4.79 Å². The number of rotatable bonds is 8. The molecule has 1 fully saturated rings. The molecule has 3 aromatic rings. The zero-order valence-electron chi connectivity index (χ0n) is 20.5. The number of nitrogens with zero attached hydrogens (tertiary/aromatic N) is 1. The molecule has 14 heteroatoms. The normalized spacial score (nSPS) is 14.5. The number of carboxylic acids is 1. The Morgan fingerprint density at radius 2 is 1.68 bits per heavy atom. The van der Waals surface area contributed by atoms with Crippen LogP contribution in [-0.2, 0) is 22.4 Å². The summed E-state index contributed by atoms with van der Waals surface area (Å²) in [7, 11) is 0. The number of benzene rings is 3. The van der Waals surface area contributed by atoms with Crippen LogP contribution in [0, 0.1) is 0 Å². The van der Waals surface area contributed by atoms with Crippen molar-refractivity contribution in [1.29, 1.82) is 0 Å². The maximum Gasteiger partial charge on any atom is 0.416 e. The number of imide groups is 1. The Morgan fingerprint density at radius 1 is 1.02 bits per heavy atom. The second kappa shape index (κ2) is 12.2. The average Bonchev–Trinajstić information content (AvgIpc) is 3.15. The summed E-state index contributed by atoms with van der Waals surface area (Å²) in [4.78, 5) is 49.2. The van der Waals surface area contributed by atoms with E-state index >= 15 is 0 Å². The van der Waals surface area contributed by atoms with E-state index in [9.17, 15) is 32.3 Å². The number of thioether (sulfide) groups is 1. The van der Waals surface area contributed by atoms with Crippen LogP contribution >= 0.6 is 35.0 Å². The van der Waals surface area contributed by atoms with Crippen LogP contribution in [0.3, 0.4) is 0 Å². The van der Waals surface area contributed by atoms with Gasteiger partial charge in [-0.3, -0.25) is 19.3 Å². The number of amides is 3. The zero-order valence-corrected chi connectivity index (χ0v) is 22.8. The van der Waals surface area contributed by atoms with E-state index in [1.165, 1.54) is 36.4 Å². The lowest BCUT2D eigenvalue weighted by atomic mass is 10.1. The van der Waals surface area contributed by atoms with E-state index in [2.05, 4.69) is 5.32 Å². The molecule has 0 saturated carbocycles. The molecule has 0 radical (unpaired) electrons. The van der Waals surface area contributed by atoms with Gasteiger partial charge in [0.05, 0.1) is 26.1 Å². The van der Waals surface area contributed by atoms with Crippen molar-refractivity contribution < 1.29 is 42.2 Å². The molecule has 0 atom stereocenters. The number of halogens is 5. The van der Waals surface area contributed by atoms with Crippen molar-refractivity contribution in [2.45, 2.75) is 12.8 Å². The maximum atomic E-state index is 12.9. The topological polar surface area (TPSA) is 113 Å². The highest BCUT2D eigenvalue weighted by molar-refractivity contribution is 8.18. The van der Waals surface area contributed by atoms with Crippen LogP contribution in [0.25, 0.3) is 6.08 Å². The van der Waals surface area contributed by atoms with Crippen LogP contribution in [-0.4, -0.2) is 39.6 Å². The molecular formula is C27H17Cl2F3N2O6S. The van der Waals surface area contributed by atoms with E-state index in [1.807, 2.05) is 0 Å². The van der Waals surface area contributed by atoms with Gasteiger partial charge in [-0.2, -0.15) is 13.2 Å². The Balaban J connectivity index is 1.42. The second-order valence-corrected chi connectivity index (χ2v) is 10.3. The summed E-state index contributed by atoms with van der Waals surface area (Å²) in [5, 5.41) is 10.7. The van der Waals surface area contributed by atoms with Crippen LogP contribution in [0.5, 0.6) is 5.75 Å². The highest BCUT2D eigenvalue weighted by Gasteiger charge is 2.36. The fraction of sp³-hybridized carbons (Fsp3) is 0.111. The summed E-state index contributed by atoms with van der Waals surface area (Å²) in [5.41, 5.74) is 0.0349. The van der Waals surface area contributed by atoms with Crippen LogP contribution in [0.4, 0.5) is 23.7 Å². The first-order valence-corrected chi connectivity index (χ1v) is 13.1. The van der Waals surface area contributed by atoms with E-state index in [0.717, 1.165) is 18.2 Å². The van der Waals surface area contributed by atoms with Crippen LogP contribution < -0.4 is 10.1 Å².